The largest absolute Gasteiger partial charge is 0.452 e. The number of nitrogens with one attached hydrogen (secondary N) is 2. The molecule has 2 N–H and O–H groups in total. The van der Waals surface area contributed by atoms with Crippen LogP contribution in [0.5, 0.6) is 0 Å². The Hall–Kier alpha value is -2.87. The molecule has 0 fully saturated rings. The van der Waals surface area contributed by atoms with Gasteiger partial charge in [0.15, 0.2) is 6.10 Å². The number of hydrogen-bond acceptors (Lipinski definition) is 5. The van der Waals surface area contributed by atoms with Crippen molar-refractivity contribution in [1.29, 1.82) is 0 Å². The minimum Gasteiger partial charge on any atom is -0.452 e. The molecule has 2 amide bonds. The number of hydrogen-bond donors (Lipinski definition) is 2. The van der Waals surface area contributed by atoms with Crippen LogP contribution in [0.3, 0.4) is 0 Å². The predicted molar refractivity (Wildman–Crippen MR) is 108 cm³/mol. The third-order valence-electron chi connectivity index (χ3n) is 3.58. The molecule has 28 heavy (non-hydrogen) atoms. The van der Waals surface area contributed by atoms with Crippen molar-refractivity contribution in [3.63, 3.8) is 0 Å². The van der Waals surface area contributed by atoms with Gasteiger partial charge in [0.1, 0.15) is 5.82 Å². The van der Waals surface area contributed by atoms with Crippen molar-refractivity contribution in [1.82, 2.24) is 0 Å². The Bertz CT molecular complexity index is 825. The zero-order valence-electron chi connectivity index (χ0n) is 15.5. The van der Waals surface area contributed by atoms with Crippen LogP contribution in [0.2, 0.25) is 0 Å². The quantitative estimate of drug-likeness (QED) is 0.659. The summed E-state index contributed by atoms with van der Waals surface area (Å²) in [5, 5.41) is 5.26. The number of anilines is 2. The Labute approximate surface area is 166 Å². The van der Waals surface area contributed by atoms with Gasteiger partial charge in [-0.25, -0.2) is 4.39 Å². The van der Waals surface area contributed by atoms with E-state index >= 15 is 0 Å². The molecule has 0 saturated carbocycles. The second-order valence-corrected chi connectivity index (χ2v) is 7.02. The lowest BCUT2D eigenvalue weighted by Crippen LogP contribution is -2.30. The Balaban J connectivity index is 1.68. The zero-order valence-corrected chi connectivity index (χ0v) is 16.3. The maximum atomic E-state index is 12.8. The molecule has 0 heterocycles. The third kappa shape index (κ3) is 7.40. The highest BCUT2D eigenvalue weighted by atomic mass is 32.2. The molecule has 0 aromatic heterocycles. The Kier molecular flexibility index (Phi) is 8.01. The highest BCUT2D eigenvalue weighted by Gasteiger charge is 2.18. The van der Waals surface area contributed by atoms with Crippen molar-refractivity contribution in [3.8, 4) is 0 Å². The van der Waals surface area contributed by atoms with Crippen molar-refractivity contribution < 1.29 is 23.5 Å². The smallest absolute Gasteiger partial charge is 0.316 e. The summed E-state index contributed by atoms with van der Waals surface area (Å²) in [4.78, 5) is 35.7. The lowest BCUT2D eigenvalue weighted by molar-refractivity contribution is -0.150. The van der Waals surface area contributed by atoms with Gasteiger partial charge in [0.2, 0.25) is 5.91 Å². The molecule has 6 nitrogen and oxygen atoms in total. The second kappa shape index (κ2) is 10.5. The molecule has 148 valence electrons. The van der Waals surface area contributed by atoms with Gasteiger partial charge in [0, 0.05) is 11.4 Å². The molecular weight excluding hydrogens is 383 g/mol. The summed E-state index contributed by atoms with van der Waals surface area (Å²) in [6, 6.07) is 12.6. The first-order valence-electron chi connectivity index (χ1n) is 8.53. The van der Waals surface area contributed by atoms with Crippen LogP contribution in [0.15, 0.2) is 48.5 Å². The first kappa shape index (κ1) is 21.4. The fraction of sp³-hybridized carbons (Fsp3) is 0.250. The number of esters is 1. The van der Waals surface area contributed by atoms with Crippen molar-refractivity contribution in [2.75, 3.05) is 22.1 Å². The Morgan fingerprint density at radius 2 is 1.54 bits per heavy atom. The summed E-state index contributed by atoms with van der Waals surface area (Å²) in [7, 11) is 0. The molecule has 1 atom stereocenters. The molecule has 2 rings (SSSR count). The van der Waals surface area contributed by atoms with Crippen LogP contribution < -0.4 is 10.6 Å². The number of halogens is 1. The van der Waals surface area contributed by atoms with Crippen LogP contribution in [0, 0.1) is 12.7 Å². The van der Waals surface area contributed by atoms with E-state index in [1.165, 1.54) is 31.2 Å². The van der Waals surface area contributed by atoms with Crippen LogP contribution in [0.25, 0.3) is 0 Å². The molecule has 8 heteroatoms. The SMILES string of the molecule is Cc1ccc(NC(=O)[C@H](C)OC(=O)CSCC(=O)Nc2ccc(F)cc2)cc1. The third-order valence-corrected chi connectivity index (χ3v) is 4.48. The van der Waals surface area contributed by atoms with Crippen molar-refractivity contribution >= 4 is 40.9 Å². The van der Waals surface area contributed by atoms with E-state index in [9.17, 15) is 18.8 Å². The summed E-state index contributed by atoms with van der Waals surface area (Å²) in [5.41, 5.74) is 2.15. The van der Waals surface area contributed by atoms with Gasteiger partial charge in [-0.15, -0.1) is 11.8 Å². The molecule has 0 bridgehead atoms. The molecule has 0 aliphatic rings. The summed E-state index contributed by atoms with van der Waals surface area (Å²) in [5.74, 6) is -1.79. The number of ether oxygens (including phenoxy) is 1. The zero-order chi connectivity index (χ0) is 20.5. The van der Waals surface area contributed by atoms with E-state index < -0.39 is 23.8 Å². The number of benzene rings is 2. The number of thioether (sulfide) groups is 1. The van der Waals surface area contributed by atoms with Crippen molar-refractivity contribution in [3.05, 3.63) is 59.9 Å². The first-order valence-corrected chi connectivity index (χ1v) is 9.69. The second-order valence-electron chi connectivity index (χ2n) is 6.04. The minimum atomic E-state index is -0.956. The topological polar surface area (TPSA) is 84.5 Å². The molecule has 2 aromatic rings. The molecule has 0 saturated heterocycles. The fourth-order valence-corrected chi connectivity index (χ4v) is 2.72. The molecule has 0 unspecified atom stereocenters. The van der Waals surface area contributed by atoms with Crippen LogP contribution in [0.1, 0.15) is 12.5 Å². The average Bonchev–Trinajstić information content (AvgIpc) is 2.65. The van der Waals surface area contributed by atoms with Crippen LogP contribution >= 0.6 is 11.8 Å². The van der Waals surface area contributed by atoms with Gasteiger partial charge in [0.25, 0.3) is 5.91 Å². The van der Waals surface area contributed by atoms with E-state index in [2.05, 4.69) is 10.6 Å². The van der Waals surface area contributed by atoms with Gasteiger partial charge in [-0.1, -0.05) is 17.7 Å². The fourth-order valence-electron chi connectivity index (χ4n) is 2.12. The van der Waals surface area contributed by atoms with Gasteiger partial charge in [-0.05, 0) is 50.2 Å². The van der Waals surface area contributed by atoms with Gasteiger partial charge in [-0.2, -0.15) is 0 Å². The summed E-state index contributed by atoms with van der Waals surface area (Å²) in [6.45, 7) is 3.42. The molecule has 2 aromatic carbocycles. The molecule has 0 aliphatic carbocycles. The van der Waals surface area contributed by atoms with Gasteiger partial charge >= 0.3 is 5.97 Å². The number of amides is 2. The Morgan fingerprint density at radius 3 is 2.18 bits per heavy atom. The van der Waals surface area contributed by atoms with E-state index in [4.69, 9.17) is 4.74 Å². The van der Waals surface area contributed by atoms with Gasteiger partial charge < -0.3 is 15.4 Å². The van der Waals surface area contributed by atoms with E-state index in [1.807, 2.05) is 19.1 Å². The van der Waals surface area contributed by atoms with E-state index in [0.717, 1.165) is 17.3 Å². The molecule has 0 radical (unpaired) electrons. The lowest BCUT2D eigenvalue weighted by Gasteiger charge is -2.13. The average molecular weight is 404 g/mol. The standard InChI is InChI=1S/C20H21FN2O4S/c1-13-3-7-17(8-4-13)23-20(26)14(2)27-19(25)12-28-11-18(24)22-16-9-5-15(21)6-10-16/h3-10,14H,11-12H2,1-2H3,(H,22,24)(H,23,26)/t14-/m0/s1. The van der Waals surface area contributed by atoms with Crippen LogP contribution in [-0.4, -0.2) is 35.4 Å². The highest BCUT2D eigenvalue weighted by Crippen LogP contribution is 2.11. The molecular formula is C20H21FN2O4S. The summed E-state index contributed by atoms with van der Waals surface area (Å²) in [6.07, 6.45) is -0.956. The highest BCUT2D eigenvalue weighted by molar-refractivity contribution is 8.00. The molecule has 0 aliphatic heterocycles. The lowest BCUT2D eigenvalue weighted by atomic mass is 10.2. The van der Waals surface area contributed by atoms with Crippen LogP contribution in [-0.2, 0) is 19.1 Å². The normalized spacial score (nSPS) is 11.4. The number of aryl methyl sites for hydroxylation is 1. The maximum absolute atomic E-state index is 12.8. The van der Waals surface area contributed by atoms with Crippen molar-refractivity contribution in [2.24, 2.45) is 0 Å². The predicted octanol–water partition coefficient (Wildman–Crippen LogP) is 3.38. The maximum Gasteiger partial charge on any atom is 0.316 e. The molecule has 0 spiro atoms. The number of rotatable bonds is 8. The van der Waals surface area contributed by atoms with E-state index in [1.54, 1.807) is 12.1 Å². The van der Waals surface area contributed by atoms with Gasteiger partial charge in [0.05, 0.1) is 11.5 Å². The monoisotopic (exact) mass is 404 g/mol. The summed E-state index contributed by atoms with van der Waals surface area (Å²) >= 11 is 1.06. The number of carbonyl (C=O) groups excluding carboxylic acids is 3. The minimum absolute atomic E-state index is 0.0242. The number of carbonyl (C=O) groups is 3. The first-order chi connectivity index (χ1) is 13.3. The Morgan fingerprint density at radius 1 is 0.964 bits per heavy atom. The van der Waals surface area contributed by atoms with Gasteiger partial charge in [-0.3, -0.25) is 14.4 Å². The van der Waals surface area contributed by atoms with E-state index in [0.29, 0.717) is 11.4 Å². The van der Waals surface area contributed by atoms with E-state index in [-0.39, 0.29) is 17.4 Å². The summed E-state index contributed by atoms with van der Waals surface area (Å²) < 4.78 is 17.9. The van der Waals surface area contributed by atoms with Crippen molar-refractivity contribution in [2.45, 2.75) is 20.0 Å². The van der Waals surface area contributed by atoms with Crippen LogP contribution in [0.4, 0.5) is 15.8 Å².